The van der Waals surface area contributed by atoms with E-state index in [0.717, 1.165) is 10.0 Å². The minimum atomic E-state index is -3.75. The van der Waals surface area contributed by atoms with Gasteiger partial charge in [0.15, 0.2) is 0 Å². The van der Waals surface area contributed by atoms with Gasteiger partial charge in [0.1, 0.15) is 10.6 Å². The number of rotatable bonds is 7. The molecule has 2 aromatic rings. The Balaban J connectivity index is 2.31. The smallest absolute Gasteiger partial charge is 0.251 e. The van der Waals surface area contributed by atoms with Crippen molar-refractivity contribution in [2.45, 2.75) is 24.3 Å². The van der Waals surface area contributed by atoms with Crippen molar-refractivity contribution < 1.29 is 17.9 Å². The van der Waals surface area contributed by atoms with E-state index in [-0.39, 0.29) is 28.2 Å². The van der Waals surface area contributed by atoms with Crippen LogP contribution in [0.15, 0.2) is 51.8 Å². The second-order valence-corrected chi connectivity index (χ2v) is 8.33. The molecule has 0 aliphatic carbocycles. The van der Waals surface area contributed by atoms with Gasteiger partial charge in [0.2, 0.25) is 10.0 Å². The molecule has 0 aliphatic heterocycles. The zero-order valence-electron chi connectivity index (χ0n) is 14.7. The second kappa shape index (κ2) is 8.66. The van der Waals surface area contributed by atoms with Gasteiger partial charge in [0.25, 0.3) is 5.91 Å². The Morgan fingerprint density at radius 1 is 1.19 bits per heavy atom. The lowest BCUT2D eigenvalue weighted by molar-refractivity contribution is 0.0935. The van der Waals surface area contributed by atoms with Crippen LogP contribution in [0.2, 0.25) is 0 Å². The molecule has 2 N–H and O–H groups in total. The molecule has 0 saturated heterocycles. The maximum Gasteiger partial charge on any atom is 0.251 e. The van der Waals surface area contributed by atoms with Crippen LogP contribution < -0.4 is 14.8 Å². The number of amides is 1. The molecule has 1 atom stereocenters. The van der Waals surface area contributed by atoms with E-state index in [1.165, 1.54) is 32.4 Å². The molecule has 2 rings (SSSR count). The van der Waals surface area contributed by atoms with E-state index < -0.39 is 10.0 Å². The molecule has 0 radical (unpaired) electrons. The Bertz CT molecular complexity index is 883. The summed E-state index contributed by atoms with van der Waals surface area (Å²) in [5.74, 6) is -0.175. The number of hydrogen-bond donors (Lipinski definition) is 2. The Morgan fingerprint density at radius 2 is 1.85 bits per heavy atom. The summed E-state index contributed by atoms with van der Waals surface area (Å²) in [7, 11) is -1.06. The van der Waals surface area contributed by atoms with Crippen LogP contribution in [0.3, 0.4) is 0 Å². The molecule has 0 spiro atoms. The first-order valence-electron chi connectivity index (χ1n) is 8.00. The topological polar surface area (TPSA) is 84.5 Å². The van der Waals surface area contributed by atoms with Gasteiger partial charge in [-0.1, -0.05) is 35.0 Å². The summed E-state index contributed by atoms with van der Waals surface area (Å²) in [6.45, 7) is 1.97. The van der Waals surface area contributed by atoms with Crippen LogP contribution in [-0.4, -0.2) is 28.5 Å². The number of ether oxygens (including phenoxy) is 1. The summed E-state index contributed by atoms with van der Waals surface area (Å²) >= 11 is 3.39. The summed E-state index contributed by atoms with van der Waals surface area (Å²) in [5.41, 5.74) is 1.22. The van der Waals surface area contributed by atoms with E-state index in [0.29, 0.717) is 6.42 Å². The molecule has 0 fully saturated rings. The van der Waals surface area contributed by atoms with E-state index in [1.807, 2.05) is 31.2 Å². The molecule has 1 unspecified atom stereocenters. The van der Waals surface area contributed by atoms with Gasteiger partial charge in [-0.05, 0) is 49.4 Å². The van der Waals surface area contributed by atoms with E-state index in [1.54, 1.807) is 0 Å². The van der Waals surface area contributed by atoms with Gasteiger partial charge in [0.05, 0.1) is 13.2 Å². The zero-order valence-corrected chi connectivity index (χ0v) is 17.1. The molecule has 0 saturated carbocycles. The van der Waals surface area contributed by atoms with Crippen molar-refractivity contribution in [3.63, 3.8) is 0 Å². The summed E-state index contributed by atoms with van der Waals surface area (Å²) in [6, 6.07) is 11.8. The first-order chi connectivity index (χ1) is 12.3. The van der Waals surface area contributed by atoms with Crippen LogP contribution >= 0.6 is 15.9 Å². The Hall–Kier alpha value is -1.90. The van der Waals surface area contributed by atoms with Gasteiger partial charge < -0.3 is 10.1 Å². The third kappa shape index (κ3) is 4.63. The van der Waals surface area contributed by atoms with Gasteiger partial charge in [-0.25, -0.2) is 13.1 Å². The van der Waals surface area contributed by atoms with Gasteiger partial charge in [0, 0.05) is 10.0 Å². The minimum Gasteiger partial charge on any atom is -0.495 e. The van der Waals surface area contributed by atoms with E-state index in [4.69, 9.17) is 4.74 Å². The lowest BCUT2D eigenvalue weighted by Crippen LogP contribution is -2.28. The lowest BCUT2D eigenvalue weighted by atomic mass is 10.0. The first kappa shape index (κ1) is 20.4. The van der Waals surface area contributed by atoms with Gasteiger partial charge in [-0.15, -0.1) is 0 Å². The fourth-order valence-electron chi connectivity index (χ4n) is 2.50. The highest BCUT2D eigenvalue weighted by Crippen LogP contribution is 2.25. The fraction of sp³-hybridized carbons (Fsp3) is 0.278. The molecule has 26 heavy (non-hydrogen) atoms. The number of nitrogens with one attached hydrogen (secondary N) is 2. The van der Waals surface area contributed by atoms with E-state index >= 15 is 0 Å². The fourth-order valence-corrected chi connectivity index (χ4v) is 3.68. The quantitative estimate of drug-likeness (QED) is 0.691. The number of benzene rings is 2. The number of carbonyl (C=O) groups excluding carboxylic acids is 1. The molecule has 1 amide bonds. The van der Waals surface area contributed by atoms with Crippen LogP contribution in [0.25, 0.3) is 0 Å². The molecule has 0 aliphatic rings. The van der Waals surface area contributed by atoms with Gasteiger partial charge >= 0.3 is 0 Å². The number of methoxy groups -OCH3 is 1. The number of carbonyl (C=O) groups is 1. The van der Waals surface area contributed by atoms with Crippen molar-refractivity contribution in [3.8, 4) is 5.75 Å². The SMILES string of the molecule is CCC(NC(=O)c1ccc(OC)c(S(=O)(=O)NC)c1)c1ccc(Br)cc1. The molecular formula is C18H21BrN2O4S. The normalized spacial score (nSPS) is 12.5. The van der Waals surface area contributed by atoms with E-state index in [2.05, 4.69) is 26.0 Å². The van der Waals surface area contributed by atoms with Crippen LogP contribution in [-0.2, 0) is 10.0 Å². The van der Waals surface area contributed by atoms with Crippen LogP contribution in [0.5, 0.6) is 5.75 Å². The molecule has 8 heteroatoms. The predicted molar refractivity (Wildman–Crippen MR) is 104 cm³/mol. The number of hydrogen-bond acceptors (Lipinski definition) is 4. The van der Waals surface area contributed by atoms with Crippen LogP contribution in [0.1, 0.15) is 35.3 Å². The Labute approximate surface area is 162 Å². The minimum absolute atomic E-state index is 0.0770. The molecule has 0 heterocycles. The van der Waals surface area contributed by atoms with Crippen molar-refractivity contribution in [1.82, 2.24) is 10.0 Å². The highest BCUT2D eigenvalue weighted by Gasteiger charge is 2.21. The van der Waals surface area contributed by atoms with Crippen LogP contribution in [0, 0.1) is 0 Å². The lowest BCUT2D eigenvalue weighted by Gasteiger charge is -2.18. The molecular weight excluding hydrogens is 420 g/mol. The maximum absolute atomic E-state index is 12.6. The number of sulfonamides is 1. The van der Waals surface area contributed by atoms with Gasteiger partial charge in [-0.2, -0.15) is 0 Å². The predicted octanol–water partition coefficient (Wildman–Crippen LogP) is 3.25. The van der Waals surface area contributed by atoms with Crippen molar-refractivity contribution >= 4 is 31.9 Å². The summed E-state index contributed by atoms with van der Waals surface area (Å²) in [5, 5.41) is 2.94. The molecule has 6 nitrogen and oxygen atoms in total. The Morgan fingerprint density at radius 3 is 2.38 bits per heavy atom. The monoisotopic (exact) mass is 440 g/mol. The zero-order chi connectivity index (χ0) is 19.3. The standard InChI is InChI=1S/C18H21BrN2O4S/c1-4-15(12-5-8-14(19)9-6-12)21-18(22)13-7-10-16(25-3)17(11-13)26(23,24)20-2/h5-11,15,20H,4H2,1-3H3,(H,21,22). The largest absolute Gasteiger partial charge is 0.495 e. The van der Waals surface area contributed by atoms with E-state index in [9.17, 15) is 13.2 Å². The average Bonchev–Trinajstić information content (AvgIpc) is 2.66. The second-order valence-electron chi connectivity index (χ2n) is 5.56. The number of halogens is 1. The Kier molecular flexibility index (Phi) is 6.80. The van der Waals surface area contributed by atoms with Crippen molar-refractivity contribution in [2.75, 3.05) is 14.2 Å². The van der Waals surface area contributed by atoms with Gasteiger partial charge in [-0.3, -0.25) is 4.79 Å². The average molecular weight is 441 g/mol. The molecule has 0 bridgehead atoms. The molecule has 0 aromatic heterocycles. The van der Waals surface area contributed by atoms with Crippen LogP contribution in [0.4, 0.5) is 0 Å². The summed E-state index contributed by atoms with van der Waals surface area (Å²) in [6.07, 6.45) is 0.700. The molecule has 140 valence electrons. The summed E-state index contributed by atoms with van der Waals surface area (Å²) in [4.78, 5) is 12.6. The third-order valence-electron chi connectivity index (χ3n) is 3.97. The highest BCUT2D eigenvalue weighted by molar-refractivity contribution is 9.10. The third-order valence-corrected chi connectivity index (χ3v) is 5.93. The highest BCUT2D eigenvalue weighted by atomic mass is 79.9. The van der Waals surface area contributed by atoms with Crippen molar-refractivity contribution in [2.24, 2.45) is 0 Å². The first-order valence-corrected chi connectivity index (χ1v) is 10.3. The molecule has 2 aromatic carbocycles. The van der Waals surface area contributed by atoms with Crippen molar-refractivity contribution in [1.29, 1.82) is 0 Å². The maximum atomic E-state index is 12.6. The summed E-state index contributed by atoms with van der Waals surface area (Å²) < 4.78 is 32.6. The van der Waals surface area contributed by atoms with Crippen molar-refractivity contribution in [3.05, 3.63) is 58.1 Å².